The highest BCUT2D eigenvalue weighted by Crippen LogP contribution is 2.42. The molecule has 2 fully saturated rings. The first-order chi connectivity index (χ1) is 11.0. The van der Waals surface area contributed by atoms with E-state index in [1.54, 1.807) is 0 Å². The number of thiophene rings is 1. The lowest BCUT2D eigenvalue weighted by Gasteiger charge is -2.08. The minimum absolute atomic E-state index is 0.00852. The molecule has 0 aliphatic heterocycles. The van der Waals surface area contributed by atoms with Crippen molar-refractivity contribution in [2.24, 2.45) is 11.8 Å². The fourth-order valence-corrected chi connectivity index (χ4v) is 4.48. The zero-order valence-corrected chi connectivity index (χ0v) is 13.5. The third-order valence-corrected chi connectivity index (χ3v) is 6.08. The van der Waals surface area contributed by atoms with Gasteiger partial charge in [-0.25, -0.2) is 9.59 Å². The Morgan fingerprint density at radius 2 is 1.52 bits per heavy atom. The highest BCUT2D eigenvalue weighted by Gasteiger charge is 2.30. The van der Waals surface area contributed by atoms with Gasteiger partial charge in [-0.1, -0.05) is 12.1 Å². The second-order valence-corrected chi connectivity index (χ2v) is 7.82. The molecule has 0 radical (unpaired) electrons. The number of carboxylic acid groups (broad SMARTS) is 2. The number of fused-ring (bicyclic) bond motifs is 1. The van der Waals surface area contributed by atoms with Crippen LogP contribution in [0.3, 0.4) is 0 Å². The van der Waals surface area contributed by atoms with Crippen LogP contribution in [0.5, 0.6) is 0 Å². The number of benzene rings is 1. The normalized spacial score (nSPS) is 17.6. The van der Waals surface area contributed by atoms with E-state index in [0.29, 0.717) is 17.2 Å². The number of carbonyl (C=O) groups is 2. The van der Waals surface area contributed by atoms with Crippen molar-refractivity contribution in [3.05, 3.63) is 33.7 Å². The van der Waals surface area contributed by atoms with Gasteiger partial charge in [-0.15, -0.1) is 11.3 Å². The number of hydrogen-bond donors (Lipinski definition) is 2. The first-order valence-corrected chi connectivity index (χ1v) is 8.90. The van der Waals surface area contributed by atoms with Gasteiger partial charge < -0.3 is 10.2 Å². The SMILES string of the molecule is O=C(O)c1sc2c(CC3CC3)ccc(CC3CC3)c2c1C(=O)O. The van der Waals surface area contributed by atoms with Crippen LogP contribution < -0.4 is 0 Å². The van der Waals surface area contributed by atoms with E-state index in [9.17, 15) is 19.8 Å². The van der Waals surface area contributed by atoms with Gasteiger partial charge in [0, 0.05) is 10.1 Å². The molecule has 1 aromatic heterocycles. The predicted octanol–water partition coefficient (Wildman–Crippen LogP) is 4.20. The van der Waals surface area contributed by atoms with Gasteiger partial charge in [0.05, 0.1) is 5.56 Å². The molecule has 23 heavy (non-hydrogen) atoms. The highest BCUT2D eigenvalue weighted by molar-refractivity contribution is 7.21. The zero-order chi connectivity index (χ0) is 16.1. The Labute approximate surface area is 137 Å². The molecule has 0 atom stereocenters. The lowest BCUT2D eigenvalue weighted by Crippen LogP contribution is -2.05. The number of hydrogen-bond acceptors (Lipinski definition) is 3. The molecule has 1 heterocycles. The van der Waals surface area contributed by atoms with Gasteiger partial charge in [-0.3, -0.25) is 0 Å². The molecule has 0 amide bonds. The van der Waals surface area contributed by atoms with E-state index in [0.717, 1.165) is 40.0 Å². The largest absolute Gasteiger partial charge is 0.478 e. The summed E-state index contributed by atoms with van der Waals surface area (Å²) >= 11 is 1.14. The molecule has 2 aliphatic carbocycles. The Bertz CT molecular complexity index is 812. The molecule has 0 saturated heterocycles. The Morgan fingerprint density at radius 3 is 2.04 bits per heavy atom. The highest BCUT2D eigenvalue weighted by atomic mass is 32.1. The zero-order valence-electron chi connectivity index (χ0n) is 12.7. The summed E-state index contributed by atoms with van der Waals surface area (Å²) in [6.45, 7) is 0. The van der Waals surface area contributed by atoms with E-state index < -0.39 is 11.9 Å². The van der Waals surface area contributed by atoms with Crippen molar-refractivity contribution in [3.8, 4) is 0 Å². The van der Waals surface area contributed by atoms with E-state index in [4.69, 9.17) is 0 Å². The van der Waals surface area contributed by atoms with Crippen molar-refractivity contribution >= 4 is 33.4 Å². The Morgan fingerprint density at radius 1 is 0.957 bits per heavy atom. The molecule has 120 valence electrons. The summed E-state index contributed by atoms with van der Waals surface area (Å²) in [5.41, 5.74) is 2.11. The van der Waals surface area contributed by atoms with Crippen LogP contribution in [0.25, 0.3) is 10.1 Å². The Kier molecular flexibility index (Phi) is 3.41. The van der Waals surface area contributed by atoms with Gasteiger partial charge in [-0.2, -0.15) is 0 Å². The van der Waals surface area contributed by atoms with Crippen LogP contribution >= 0.6 is 11.3 Å². The van der Waals surface area contributed by atoms with Crippen molar-refractivity contribution in [3.63, 3.8) is 0 Å². The first kappa shape index (κ1) is 14.7. The first-order valence-electron chi connectivity index (χ1n) is 8.08. The summed E-state index contributed by atoms with van der Waals surface area (Å²) in [5, 5.41) is 19.7. The average molecular weight is 330 g/mol. The van der Waals surface area contributed by atoms with Crippen LogP contribution in [0.15, 0.2) is 12.1 Å². The van der Waals surface area contributed by atoms with Gasteiger partial charge in [0.1, 0.15) is 4.88 Å². The molecule has 2 aliphatic rings. The predicted molar refractivity (Wildman–Crippen MR) is 88.6 cm³/mol. The maximum absolute atomic E-state index is 11.7. The number of aromatic carboxylic acids is 2. The summed E-state index contributed by atoms with van der Waals surface area (Å²) in [6, 6.07) is 4.12. The fourth-order valence-electron chi connectivity index (χ4n) is 3.28. The summed E-state index contributed by atoms with van der Waals surface area (Å²) < 4.78 is 0.879. The maximum Gasteiger partial charge on any atom is 0.346 e. The van der Waals surface area contributed by atoms with Crippen molar-refractivity contribution < 1.29 is 19.8 Å². The molecule has 4 rings (SSSR count). The molecule has 1 aromatic carbocycles. The molecule has 0 unspecified atom stereocenters. The fraction of sp³-hybridized carbons (Fsp3) is 0.444. The Balaban J connectivity index is 1.94. The van der Waals surface area contributed by atoms with Crippen LogP contribution in [0.1, 0.15) is 56.8 Å². The third kappa shape index (κ3) is 2.74. The summed E-state index contributed by atoms with van der Waals surface area (Å²) in [5.74, 6) is -0.967. The van der Waals surface area contributed by atoms with Crippen LogP contribution in [0.4, 0.5) is 0 Å². The second-order valence-electron chi connectivity index (χ2n) is 6.80. The topological polar surface area (TPSA) is 74.6 Å². The lowest BCUT2D eigenvalue weighted by atomic mass is 9.96. The van der Waals surface area contributed by atoms with Gasteiger partial charge in [0.25, 0.3) is 0 Å². The molecule has 2 N–H and O–H groups in total. The van der Waals surface area contributed by atoms with E-state index in [1.165, 1.54) is 25.7 Å². The maximum atomic E-state index is 11.7. The second kappa shape index (κ2) is 5.34. The monoisotopic (exact) mass is 330 g/mol. The van der Waals surface area contributed by atoms with Crippen LogP contribution in [-0.2, 0) is 12.8 Å². The van der Waals surface area contributed by atoms with E-state index in [-0.39, 0.29) is 10.4 Å². The number of carboxylic acids is 2. The quantitative estimate of drug-likeness (QED) is 0.832. The summed E-state index contributed by atoms with van der Waals surface area (Å²) in [6.07, 6.45) is 6.59. The molecular formula is C18H18O4S. The van der Waals surface area contributed by atoms with Crippen molar-refractivity contribution in [2.45, 2.75) is 38.5 Å². The van der Waals surface area contributed by atoms with Gasteiger partial charge in [0.2, 0.25) is 0 Å². The van der Waals surface area contributed by atoms with Crippen LogP contribution in [0, 0.1) is 11.8 Å². The minimum Gasteiger partial charge on any atom is -0.478 e. The molecule has 5 heteroatoms. The van der Waals surface area contributed by atoms with Gasteiger partial charge >= 0.3 is 11.9 Å². The summed E-state index contributed by atoms with van der Waals surface area (Å²) in [7, 11) is 0. The average Bonchev–Trinajstić information content (AvgIpc) is 3.41. The van der Waals surface area contributed by atoms with Crippen molar-refractivity contribution in [1.29, 1.82) is 0 Å². The minimum atomic E-state index is -1.14. The summed E-state index contributed by atoms with van der Waals surface area (Å²) in [4.78, 5) is 23.2. The van der Waals surface area contributed by atoms with E-state index >= 15 is 0 Å². The number of rotatable bonds is 6. The van der Waals surface area contributed by atoms with Crippen LogP contribution in [0.2, 0.25) is 0 Å². The molecular weight excluding hydrogens is 312 g/mol. The molecule has 2 saturated carbocycles. The standard InChI is InChI=1S/C18H18O4S/c19-17(20)14-13-11(7-9-1-2-9)5-6-12(8-10-3-4-10)15(13)23-16(14)18(21)22/h5-6,9-10H,1-4,7-8H2,(H,19,20)(H,21,22). The van der Waals surface area contributed by atoms with Gasteiger partial charge in [-0.05, 0) is 61.5 Å². The van der Waals surface area contributed by atoms with E-state index in [2.05, 4.69) is 6.07 Å². The van der Waals surface area contributed by atoms with Crippen molar-refractivity contribution in [2.75, 3.05) is 0 Å². The van der Waals surface area contributed by atoms with E-state index in [1.807, 2.05) is 6.07 Å². The van der Waals surface area contributed by atoms with Gasteiger partial charge in [0.15, 0.2) is 0 Å². The van der Waals surface area contributed by atoms with Crippen molar-refractivity contribution in [1.82, 2.24) is 0 Å². The molecule has 2 aromatic rings. The molecule has 4 nitrogen and oxygen atoms in total. The third-order valence-electron chi connectivity index (χ3n) is 4.83. The molecule has 0 spiro atoms. The lowest BCUT2D eigenvalue weighted by molar-refractivity contribution is 0.0657. The Hall–Kier alpha value is -1.88. The van der Waals surface area contributed by atoms with Crippen LogP contribution in [-0.4, -0.2) is 22.2 Å². The molecule has 0 bridgehead atoms. The smallest absolute Gasteiger partial charge is 0.346 e.